The van der Waals surface area contributed by atoms with Gasteiger partial charge in [0.05, 0.1) is 30.6 Å². The molecule has 0 spiro atoms. The number of rotatable bonds is 7. The van der Waals surface area contributed by atoms with Crippen molar-refractivity contribution >= 4 is 28.9 Å². The maximum atomic E-state index is 13.5. The molecule has 4 N–H and O–H groups in total. The van der Waals surface area contributed by atoms with Gasteiger partial charge < -0.3 is 21.1 Å². The molecule has 1 aliphatic heterocycles. The highest BCUT2D eigenvalue weighted by molar-refractivity contribution is 6.06. The first-order valence-electron chi connectivity index (χ1n) is 13.2. The zero-order chi connectivity index (χ0) is 28.1. The summed E-state index contributed by atoms with van der Waals surface area (Å²) in [4.78, 5) is 27.8. The summed E-state index contributed by atoms with van der Waals surface area (Å²) in [7, 11) is 0. The number of anilines is 3. The van der Waals surface area contributed by atoms with E-state index >= 15 is 0 Å². The Labute approximate surface area is 232 Å². The predicted molar refractivity (Wildman–Crippen MR) is 157 cm³/mol. The summed E-state index contributed by atoms with van der Waals surface area (Å²) in [6.45, 7) is 4.55. The molecule has 0 radical (unpaired) electrons. The van der Waals surface area contributed by atoms with Crippen LogP contribution in [0.15, 0.2) is 91.0 Å². The quantitative estimate of drug-likeness (QED) is 0.264. The molecule has 0 aromatic heterocycles. The lowest BCUT2D eigenvalue weighted by atomic mass is 9.94. The largest absolute Gasteiger partial charge is 0.397 e. The SMILES string of the molecule is CC(C(=O)Nc1ccc(C(=O)Nc2cc(-c3ccccc3-c3ccc(F)cc3)ccc2N)cc1)N1CCOCC1. The van der Waals surface area contributed by atoms with Crippen molar-refractivity contribution in [3.63, 3.8) is 0 Å². The maximum absolute atomic E-state index is 13.5. The number of halogens is 1. The second-order valence-corrected chi connectivity index (χ2v) is 9.70. The van der Waals surface area contributed by atoms with E-state index in [0.29, 0.717) is 35.8 Å². The molecule has 1 saturated heterocycles. The van der Waals surface area contributed by atoms with Crippen LogP contribution in [-0.4, -0.2) is 49.1 Å². The molecule has 0 saturated carbocycles. The summed E-state index contributed by atoms with van der Waals surface area (Å²) in [6.07, 6.45) is 0. The fraction of sp³-hybridized carbons (Fsp3) is 0.188. The number of nitrogen functional groups attached to an aromatic ring is 1. The molecule has 4 aromatic rings. The van der Waals surface area contributed by atoms with Crippen molar-refractivity contribution in [1.29, 1.82) is 0 Å². The van der Waals surface area contributed by atoms with Crippen molar-refractivity contribution < 1.29 is 18.7 Å². The predicted octanol–water partition coefficient (Wildman–Crippen LogP) is 5.65. The topological polar surface area (TPSA) is 96.7 Å². The first kappa shape index (κ1) is 27.1. The van der Waals surface area contributed by atoms with Crippen LogP contribution >= 0.6 is 0 Å². The number of hydrogen-bond donors (Lipinski definition) is 3. The average molecular weight is 539 g/mol. The van der Waals surface area contributed by atoms with Gasteiger partial charge in [-0.15, -0.1) is 0 Å². The second-order valence-electron chi connectivity index (χ2n) is 9.70. The van der Waals surface area contributed by atoms with Crippen molar-refractivity contribution in [2.45, 2.75) is 13.0 Å². The highest BCUT2D eigenvalue weighted by atomic mass is 19.1. The Balaban J connectivity index is 1.29. The van der Waals surface area contributed by atoms with Gasteiger partial charge in [-0.05, 0) is 77.7 Å². The summed E-state index contributed by atoms with van der Waals surface area (Å²) in [5.41, 5.74) is 11.8. The number of ether oxygens (including phenoxy) is 1. The number of amides is 2. The van der Waals surface area contributed by atoms with Gasteiger partial charge in [0.15, 0.2) is 0 Å². The van der Waals surface area contributed by atoms with Crippen LogP contribution in [0.4, 0.5) is 21.5 Å². The Morgan fingerprint density at radius 1 is 0.850 bits per heavy atom. The number of hydrogen-bond acceptors (Lipinski definition) is 5. The average Bonchev–Trinajstić information content (AvgIpc) is 2.99. The van der Waals surface area contributed by atoms with E-state index in [1.807, 2.05) is 43.3 Å². The van der Waals surface area contributed by atoms with Crippen molar-refractivity contribution in [1.82, 2.24) is 4.90 Å². The smallest absolute Gasteiger partial charge is 0.255 e. The van der Waals surface area contributed by atoms with Crippen molar-refractivity contribution in [3.05, 3.63) is 102 Å². The molecule has 7 nitrogen and oxygen atoms in total. The van der Waals surface area contributed by atoms with Gasteiger partial charge in [-0.1, -0.05) is 42.5 Å². The van der Waals surface area contributed by atoms with E-state index in [2.05, 4.69) is 15.5 Å². The van der Waals surface area contributed by atoms with Gasteiger partial charge in [-0.2, -0.15) is 0 Å². The minimum atomic E-state index is -0.324. The molecule has 4 aromatic carbocycles. The van der Waals surface area contributed by atoms with Gasteiger partial charge >= 0.3 is 0 Å². The third kappa shape index (κ3) is 6.20. The molecule has 8 heteroatoms. The summed E-state index contributed by atoms with van der Waals surface area (Å²) >= 11 is 0. The molecule has 204 valence electrons. The molecule has 2 amide bonds. The zero-order valence-electron chi connectivity index (χ0n) is 22.2. The molecule has 0 aliphatic carbocycles. The molecule has 1 fully saturated rings. The van der Waals surface area contributed by atoms with Crippen LogP contribution in [0, 0.1) is 5.82 Å². The van der Waals surface area contributed by atoms with Gasteiger partial charge in [0.2, 0.25) is 5.91 Å². The Kier molecular flexibility index (Phi) is 8.19. The van der Waals surface area contributed by atoms with E-state index in [4.69, 9.17) is 10.5 Å². The van der Waals surface area contributed by atoms with E-state index in [1.54, 1.807) is 42.5 Å². The number of carbonyl (C=O) groups is 2. The van der Waals surface area contributed by atoms with Crippen molar-refractivity contribution in [2.75, 3.05) is 42.7 Å². The Morgan fingerprint density at radius 3 is 2.15 bits per heavy atom. The number of nitrogens with two attached hydrogens (primary N) is 1. The van der Waals surface area contributed by atoms with E-state index < -0.39 is 0 Å². The van der Waals surface area contributed by atoms with Gasteiger partial charge in [0.25, 0.3) is 5.91 Å². The monoisotopic (exact) mass is 538 g/mol. The van der Waals surface area contributed by atoms with Crippen LogP contribution < -0.4 is 16.4 Å². The van der Waals surface area contributed by atoms with E-state index in [0.717, 1.165) is 35.3 Å². The van der Waals surface area contributed by atoms with E-state index in [9.17, 15) is 14.0 Å². The minimum absolute atomic E-state index is 0.107. The van der Waals surface area contributed by atoms with Gasteiger partial charge in [0.1, 0.15) is 5.82 Å². The lowest BCUT2D eigenvalue weighted by molar-refractivity contribution is -0.122. The molecule has 1 aliphatic rings. The van der Waals surface area contributed by atoms with Crippen LogP contribution in [0.5, 0.6) is 0 Å². The zero-order valence-corrected chi connectivity index (χ0v) is 22.2. The van der Waals surface area contributed by atoms with E-state index in [1.165, 1.54) is 12.1 Å². The fourth-order valence-corrected chi connectivity index (χ4v) is 4.72. The van der Waals surface area contributed by atoms with Crippen LogP contribution in [0.2, 0.25) is 0 Å². The molecule has 1 atom stereocenters. The molecule has 5 rings (SSSR count). The van der Waals surface area contributed by atoms with Crippen molar-refractivity contribution in [2.24, 2.45) is 0 Å². The lowest BCUT2D eigenvalue weighted by Crippen LogP contribution is -2.47. The van der Waals surface area contributed by atoms with Crippen LogP contribution in [-0.2, 0) is 9.53 Å². The first-order valence-corrected chi connectivity index (χ1v) is 13.2. The second kappa shape index (κ2) is 12.1. The van der Waals surface area contributed by atoms with Gasteiger partial charge in [-0.25, -0.2) is 4.39 Å². The number of nitrogens with one attached hydrogen (secondary N) is 2. The maximum Gasteiger partial charge on any atom is 0.255 e. The molecule has 0 bridgehead atoms. The molecular weight excluding hydrogens is 507 g/mol. The standard InChI is InChI=1S/C32H31FN4O3/c1-21(37-16-18-40-19-17-37)31(38)35-26-13-8-23(9-14-26)32(39)36-30-20-24(10-15-29(30)34)28-5-3-2-4-27(28)22-6-11-25(33)12-7-22/h2-15,20-21H,16-19,34H2,1H3,(H,35,38)(H,36,39). The Morgan fingerprint density at radius 2 is 1.48 bits per heavy atom. The number of morpholine rings is 1. The fourth-order valence-electron chi connectivity index (χ4n) is 4.72. The van der Waals surface area contributed by atoms with E-state index in [-0.39, 0.29) is 23.7 Å². The third-order valence-electron chi connectivity index (χ3n) is 7.08. The first-order chi connectivity index (χ1) is 19.4. The third-order valence-corrected chi connectivity index (χ3v) is 7.08. The molecule has 40 heavy (non-hydrogen) atoms. The molecular formula is C32H31FN4O3. The highest BCUT2D eigenvalue weighted by Crippen LogP contribution is 2.35. The number of benzene rings is 4. The van der Waals surface area contributed by atoms with Gasteiger partial charge in [0, 0.05) is 24.3 Å². The van der Waals surface area contributed by atoms with Crippen LogP contribution in [0.25, 0.3) is 22.3 Å². The lowest BCUT2D eigenvalue weighted by Gasteiger charge is -2.31. The summed E-state index contributed by atoms with van der Waals surface area (Å²) in [6, 6.07) is 26.1. The number of carbonyl (C=O) groups excluding carboxylic acids is 2. The summed E-state index contributed by atoms with van der Waals surface area (Å²) in [5.74, 6) is -0.725. The molecule has 1 heterocycles. The summed E-state index contributed by atoms with van der Waals surface area (Å²) < 4.78 is 18.8. The normalized spacial score (nSPS) is 14.3. The highest BCUT2D eigenvalue weighted by Gasteiger charge is 2.23. The Hall–Kier alpha value is -4.53. The van der Waals surface area contributed by atoms with Crippen molar-refractivity contribution in [3.8, 4) is 22.3 Å². The Bertz CT molecular complexity index is 1500. The van der Waals surface area contributed by atoms with Gasteiger partial charge in [-0.3, -0.25) is 14.5 Å². The summed E-state index contributed by atoms with van der Waals surface area (Å²) in [5, 5.41) is 5.82. The number of nitrogens with zero attached hydrogens (tertiary/aromatic N) is 1. The van der Waals surface area contributed by atoms with Crippen LogP contribution in [0.1, 0.15) is 17.3 Å². The molecule has 1 unspecified atom stereocenters. The minimum Gasteiger partial charge on any atom is -0.397 e. The van der Waals surface area contributed by atoms with Crippen LogP contribution in [0.3, 0.4) is 0 Å².